The van der Waals surface area contributed by atoms with Crippen LogP contribution in [0.15, 0.2) is 6.07 Å². The largest absolute Gasteiger partial charge is 0.291 e. The Kier molecular flexibility index (Phi) is 2.52. The van der Waals surface area contributed by atoms with Crippen LogP contribution in [0.4, 0.5) is 0 Å². The zero-order valence-corrected chi connectivity index (χ0v) is 8.70. The lowest BCUT2D eigenvalue weighted by atomic mass is 10.2. The molecule has 0 unspecified atom stereocenters. The number of hydroxylamine groups is 1. The highest BCUT2D eigenvalue weighted by atomic mass is 32.1. The third-order valence-corrected chi connectivity index (χ3v) is 3.27. The first-order valence-corrected chi connectivity index (χ1v) is 4.67. The van der Waals surface area contributed by atoms with Gasteiger partial charge in [-0.1, -0.05) is 0 Å². The average Bonchev–Trinajstić information content (AvgIpc) is 2.30. The maximum Gasteiger partial charge on any atom is 0.240 e. The predicted octanol–water partition coefficient (Wildman–Crippen LogP) is 2.21. The normalized spacial score (nSPS) is 13.0. The van der Waals surface area contributed by atoms with E-state index in [2.05, 4.69) is 19.9 Å². The minimum atomic E-state index is 0.899. The van der Waals surface area contributed by atoms with Crippen molar-refractivity contribution < 1.29 is 9.95 Å². The van der Waals surface area contributed by atoms with Crippen molar-refractivity contribution in [2.45, 2.75) is 20.8 Å². The summed E-state index contributed by atoms with van der Waals surface area (Å²) in [5.41, 5.74) is 2.19. The molecular formula is C9H14NOS+. The number of aryl methyl sites for hydroxylation is 2. The van der Waals surface area contributed by atoms with Crippen molar-refractivity contribution in [3.8, 4) is 0 Å². The van der Waals surface area contributed by atoms with Crippen LogP contribution < -0.4 is 0 Å². The Morgan fingerprint density at radius 2 is 2.08 bits per heavy atom. The van der Waals surface area contributed by atoms with Gasteiger partial charge in [0, 0.05) is 11.8 Å². The van der Waals surface area contributed by atoms with Crippen molar-refractivity contribution in [2.24, 2.45) is 0 Å². The minimum Gasteiger partial charge on any atom is -0.291 e. The summed E-state index contributed by atoms with van der Waals surface area (Å²) < 4.78 is 1.16. The Morgan fingerprint density at radius 3 is 2.42 bits per heavy atom. The summed E-state index contributed by atoms with van der Waals surface area (Å²) in [6, 6.07) is 2.10. The van der Waals surface area contributed by atoms with Crippen molar-refractivity contribution in [1.29, 1.82) is 0 Å². The maximum atomic E-state index is 9.18. The van der Waals surface area contributed by atoms with Crippen molar-refractivity contribution >= 4 is 17.0 Å². The molecule has 1 heterocycles. The topological polar surface area (TPSA) is 23.2 Å². The number of hydrogen-bond donors (Lipinski definition) is 1. The standard InChI is InChI=1S/C9H14NOS/c1-6-5-9(12-8(6)3)7(2)10(4)11/h5,11H,1-4H3/q+1. The summed E-state index contributed by atoms with van der Waals surface area (Å²) in [4.78, 5) is 2.45. The van der Waals surface area contributed by atoms with Crippen LogP contribution in [0.25, 0.3) is 0 Å². The smallest absolute Gasteiger partial charge is 0.240 e. The molecule has 0 saturated heterocycles. The molecule has 3 heteroatoms. The Morgan fingerprint density at radius 1 is 1.50 bits per heavy atom. The van der Waals surface area contributed by atoms with Crippen molar-refractivity contribution in [1.82, 2.24) is 0 Å². The lowest BCUT2D eigenvalue weighted by molar-refractivity contribution is -0.754. The average molecular weight is 184 g/mol. The second-order valence-corrected chi connectivity index (χ2v) is 4.22. The highest BCUT2D eigenvalue weighted by molar-refractivity contribution is 7.14. The van der Waals surface area contributed by atoms with E-state index in [0.29, 0.717) is 0 Å². The molecule has 1 rings (SSSR count). The summed E-state index contributed by atoms with van der Waals surface area (Å²) in [5, 5.41) is 9.18. The van der Waals surface area contributed by atoms with Crippen LogP contribution in [0.2, 0.25) is 0 Å². The SMILES string of the molecule is CC(c1cc(C)c(C)s1)=[N+](C)O. The monoisotopic (exact) mass is 184 g/mol. The van der Waals surface area contributed by atoms with Gasteiger partial charge in [-0.25, -0.2) is 0 Å². The first kappa shape index (κ1) is 9.26. The molecule has 1 aromatic heterocycles. The predicted molar refractivity (Wildman–Crippen MR) is 51.5 cm³/mol. The van der Waals surface area contributed by atoms with E-state index >= 15 is 0 Å². The molecular weight excluding hydrogens is 170 g/mol. The number of hydrogen-bond acceptors (Lipinski definition) is 2. The Labute approximate surface area is 76.8 Å². The molecule has 12 heavy (non-hydrogen) atoms. The van der Waals surface area contributed by atoms with Crippen LogP contribution in [-0.4, -0.2) is 22.7 Å². The molecule has 0 atom stereocenters. The molecule has 0 aromatic carbocycles. The van der Waals surface area contributed by atoms with E-state index < -0.39 is 0 Å². The summed E-state index contributed by atoms with van der Waals surface area (Å²) in [6.45, 7) is 6.08. The van der Waals surface area contributed by atoms with Crippen LogP contribution in [0, 0.1) is 13.8 Å². The van der Waals surface area contributed by atoms with E-state index in [1.807, 2.05) is 6.92 Å². The maximum absolute atomic E-state index is 9.18. The fourth-order valence-electron chi connectivity index (χ4n) is 0.911. The van der Waals surface area contributed by atoms with Crippen LogP contribution in [0.5, 0.6) is 0 Å². The van der Waals surface area contributed by atoms with Gasteiger partial charge in [0.15, 0.2) is 7.05 Å². The molecule has 0 aliphatic carbocycles. The quantitative estimate of drug-likeness (QED) is 0.307. The second kappa shape index (κ2) is 3.27. The Hall–Kier alpha value is -0.830. The van der Waals surface area contributed by atoms with Crippen molar-refractivity contribution in [3.63, 3.8) is 0 Å². The van der Waals surface area contributed by atoms with Gasteiger partial charge in [-0.3, -0.25) is 5.21 Å². The minimum absolute atomic E-state index is 0.899. The molecule has 0 aliphatic rings. The zero-order chi connectivity index (χ0) is 9.30. The van der Waals surface area contributed by atoms with Gasteiger partial charge in [0.2, 0.25) is 5.71 Å². The number of thiophene rings is 1. The van der Waals surface area contributed by atoms with Gasteiger partial charge in [0.25, 0.3) is 0 Å². The fourth-order valence-corrected chi connectivity index (χ4v) is 1.98. The van der Waals surface area contributed by atoms with Crippen LogP contribution >= 0.6 is 11.3 Å². The van der Waals surface area contributed by atoms with Crippen molar-refractivity contribution in [2.75, 3.05) is 7.05 Å². The molecule has 66 valence electrons. The van der Waals surface area contributed by atoms with Gasteiger partial charge in [-0.2, -0.15) is 0 Å². The first-order chi connectivity index (χ1) is 5.52. The van der Waals surface area contributed by atoms with E-state index in [-0.39, 0.29) is 0 Å². The highest BCUT2D eigenvalue weighted by Crippen LogP contribution is 2.20. The summed E-state index contributed by atoms with van der Waals surface area (Å²) >= 11 is 1.71. The number of nitrogens with zero attached hydrogens (tertiary/aromatic N) is 1. The third-order valence-electron chi connectivity index (χ3n) is 2.01. The molecule has 2 nitrogen and oxygen atoms in total. The van der Waals surface area contributed by atoms with Crippen LogP contribution in [-0.2, 0) is 0 Å². The molecule has 0 amide bonds. The molecule has 1 N–H and O–H groups in total. The first-order valence-electron chi connectivity index (χ1n) is 3.86. The lowest BCUT2D eigenvalue weighted by Crippen LogP contribution is -2.09. The highest BCUT2D eigenvalue weighted by Gasteiger charge is 2.11. The number of rotatable bonds is 1. The van der Waals surface area contributed by atoms with Gasteiger partial charge in [0.1, 0.15) is 0 Å². The van der Waals surface area contributed by atoms with E-state index in [1.165, 1.54) is 10.4 Å². The molecule has 0 fully saturated rings. The summed E-state index contributed by atoms with van der Waals surface area (Å²) in [6.07, 6.45) is 0. The van der Waals surface area contributed by atoms with Gasteiger partial charge < -0.3 is 0 Å². The van der Waals surface area contributed by atoms with Gasteiger partial charge in [-0.15, -0.1) is 11.3 Å². The molecule has 0 bridgehead atoms. The van der Waals surface area contributed by atoms with Crippen LogP contribution in [0.3, 0.4) is 0 Å². The third kappa shape index (κ3) is 1.67. The van der Waals surface area contributed by atoms with E-state index in [1.54, 1.807) is 18.4 Å². The second-order valence-electron chi connectivity index (χ2n) is 2.96. The van der Waals surface area contributed by atoms with Gasteiger partial charge in [0.05, 0.1) is 4.88 Å². The molecule has 0 saturated carbocycles. The van der Waals surface area contributed by atoms with Gasteiger partial charge >= 0.3 is 0 Å². The zero-order valence-electron chi connectivity index (χ0n) is 7.88. The van der Waals surface area contributed by atoms with Crippen molar-refractivity contribution in [3.05, 3.63) is 21.4 Å². The van der Waals surface area contributed by atoms with E-state index in [0.717, 1.165) is 15.3 Å². The van der Waals surface area contributed by atoms with Crippen LogP contribution in [0.1, 0.15) is 22.2 Å². The molecule has 0 aliphatic heterocycles. The Balaban J connectivity index is 3.14. The van der Waals surface area contributed by atoms with E-state index in [4.69, 9.17) is 0 Å². The molecule has 0 spiro atoms. The summed E-state index contributed by atoms with van der Waals surface area (Å²) in [5.74, 6) is 0. The fraction of sp³-hybridized carbons (Fsp3) is 0.444. The lowest BCUT2D eigenvalue weighted by Gasteiger charge is -1.88. The summed E-state index contributed by atoms with van der Waals surface area (Å²) in [7, 11) is 1.64. The van der Waals surface area contributed by atoms with E-state index in [9.17, 15) is 5.21 Å². The Bertz CT molecular complexity index is 302. The molecule has 1 aromatic rings. The molecule has 0 radical (unpaired) electrons. The van der Waals surface area contributed by atoms with Gasteiger partial charge in [-0.05, 0) is 30.2 Å².